The van der Waals surface area contributed by atoms with E-state index < -0.39 is 11.7 Å². The summed E-state index contributed by atoms with van der Waals surface area (Å²) in [5, 5.41) is 0. The highest BCUT2D eigenvalue weighted by molar-refractivity contribution is 6.00. The van der Waals surface area contributed by atoms with Crippen molar-refractivity contribution in [2.45, 2.75) is 32.4 Å². The van der Waals surface area contributed by atoms with Crippen LogP contribution >= 0.6 is 0 Å². The summed E-state index contributed by atoms with van der Waals surface area (Å²) in [4.78, 5) is 4.51. The molecule has 22 heavy (non-hydrogen) atoms. The molecule has 1 aliphatic rings. The Kier molecular flexibility index (Phi) is 3.17. The fourth-order valence-corrected chi connectivity index (χ4v) is 2.80. The van der Waals surface area contributed by atoms with Gasteiger partial charge >= 0.3 is 6.18 Å². The fraction of sp³-hybridized carbons (Fsp3) is 0.278. The highest BCUT2D eigenvalue weighted by Crippen LogP contribution is 2.43. The van der Waals surface area contributed by atoms with Gasteiger partial charge in [-0.25, -0.2) is 0 Å². The molecule has 0 fully saturated rings. The van der Waals surface area contributed by atoms with E-state index >= 15 is 0 Å². The maximum Gasteiger partial charge on any atom is 0.417 e. The van der Waals surface area contributed by atoms with Crippen LogP contribution in [0.15, 0.2) is 47.5 Å². The Hall–Kier alpha value is -2.10. The first kappa shape index (κ1) is 14.8. The molecule has 1 nitrogen and oxygen atoms in total. The molecule has 0 aliphatic carbocycles. The van der Waals surface area contributed by atoms with E-state index in [0.717, 1.165) is 23.0 Å². The normalized spacial score (nSPS) is 16.4. The van der Waals surface area contributed by atoms with Gasteiger partial charge in [0.25, 0.3) is 0 Å². The van der Waals surface area contributed by atoms with Crippen molar-refractivity contribution < 1.29 is 13.2 Å². The number of aliphatic imine (C=N–C) groups is 1. The van der Waals surface area contributed by atoms with Crippen LogP contribution in [0.2, 0.25) is 0 Å². The Morgan fingerprint density at radius 1 is 1.00 bits per heavy atom. The van der Waals surface area contributed by atoms with Crippen LogP contribution in [0.1, 0.15) is 31.9 Å². The number of alkyl halides is 3. The van der Waals surface area contributed by atoms with Crippen molar-refractivity contribution in [1.29, 1.82) is 0 Å². The molecule has 0 spiro atoms. The molecule has 0 saturated carbocycles. The van der Waals surface area contributed by atoms with Crippen molar-refractivity contribution in [1.82, 2.24) is 0 Å². The predicted octanol–water partition coefficient (Wildman–Crippen LogP) is 5.76. The average molecular weight is 303 g/mol. The molecule has 0 unspecified atom stereocenters. The summed E-state index contributed by atoms with van der Waals surface area (Å²) in [5.41, 5.74) is 2.71. The van der Waals surface area contributed by atoms with E-state index in [9.17, 15) is 13.2 Å². The predicted molar refractivity (Wildman–Crippen MR) is 82.7 cm³/mol. The van der Waals surface area contributed by atoms with Gasteiger partial charge in [0, 0.05) is 11.1 Å². The number of hydrogen-bond acceptors (Lipinski definition) is 1. The average Bonchev–Trinajstić information content (AvgIpc) is 2.68. The molecule has 2 aromatic rings. The minimum Gasteiger partial charge on any atom is -0.257 e. The van der Waals surface area contributed by atoms with Crippen LogP contribution in [0.3, 0.4) is 0 Å². The molecule has 0 aromatic heterocycles. The lowest BCUT2D eigenvalue weighted by Gasteiger charge is -2.21. The van der Waals surface area contributed by atoms with Gasteiger partial charge in [-0.2, -0.15) is 13.2 Å². The Morgan fingerprint density at radius 3 is 2.36 bits per heavy atom. The van der Waals surface area contributed by atoms with Crippen molar-refractivity contribution in [3.63, 3.8) is 0 Å². The van der Waals surface area contributed by atoms with Gasteiger partial charge < -0.3 is 0 Å². The van der Waals surface area contributed by atoms with Crippen LogP contribution in [0.4, 0.5) is 18.9 Å². The summed E-state index contributed by atoms with van der Waals surface area (Å²) >= 11 is 0. The number of hydrogen-bond donors (Lipinski definition) is 0. The number of halogens is 3. The van der Waals surface area contributed by atoms with Crippen LogP contribution in [0.5, 0.6) is 0 Å². The maximum atomic E-state index is 13.2. The number of rotatable bonds is 1. The summed E-state index contributed by atoms with van der Waals surface area (Å²) in [7, 11) is 0. The van der Waals surface area contributed by atoms with Crippen LogP contribution in [0.25, 0.3) is 11.1 Å². The second-order valence-corrected chi connectivity index (χ2v) is 6.10. The Labute approximate surface area is 127 Å². The van der Waals surface area contributed by atoms with E-state index in [0.29, 0.717) is 5.56 Å². The molecular formula is C18H16F3N. The minimum atomic E-state index is -4.36. The van der Waals surface area contributed by atoms with Crippen molar-refractivity contribution in [2.75, 3.05) is 0 Å². The van der Waals surface area contributed by atoms with Gasteiger partial charge in [0.2, 0.25) is 0 Å². The molecule has 0 amide bonds. The van der Waals surface area contributed by atoms with Gasteiger partial charge in [0.05, 0.1) is 11.3 Å². The largest absolute Gasteiger partial charge is 0.417 e. The first-order valence-electron chi connectivity index (χ1n) is 7.08. The molecule has 0 N–H and O–H groups in total. The van der Waals surface area contributed by atoms with E-state index in [2.05, 4.69) is 4.99 Å². The van der Waals surface area contributed by atoms with Crippen LogP contribution in [-0.4, -0.2) is 5.71 Å². The van der Waals surface area contributed by atoms with Gasteiger partial charge in [-0.15, -0.1) is 0 Å². The molecule has 0 saturated heterocycles. The van der Waals surface area contributed by atoms with E-state index in [1.165, 1.54) is 12.1 Å². The zero-order chi connectivity index (χ0) is 16.1. The second kappa shape index (κ2) is 4.70. The fourth-order valence-electron chi connectivity index (χ4n) is 2.80. The first-order chi connectivity index (χ1) is 10.2. The third kappa shape index (κ3) is 2.23. The minimum absolute atomic E-state index is 0.207. The summed E-state index contributed by atoms with van der Waals surface area (Å²) < 4.78 is 39.6. The van der Waals surface area contributed by atoms with Gasteiger partial charge in [-0.3, -0.25) is 4.99 Å². The number of nitrogens with zero attached hydrogens (tertiary/aromatic N) is 1. The SMILES string of the molecule is CC1=Nc2ccc(-c3ccccc3C(F)(F)F)cc2C1(C)C. The highest BCUT2D eigenvalue weighted by atomic mass is 19.4. The molecule has 1 heterocycles. The number of fused-ring (bicyclic) bond motifs is 1. The molecule has 2 aromatic carbocycles. The summed E-state index contributed by atoms with van der Waals surface area (Å²) in [6.45, 7) is 6.03. The molecular weight excluding hydrogens is 287 g/mol. The van der Waals surface area contributed by atoms with Gasteiger partial charge in [-0.05, 0) is 41.8 Å². The van der Waals surface area contributed by atoms with E-state index in [4.69, 9.17) is 0 Å². The van der Waals surface area contributed by atoms with E-state index in [-0.39, 0.29) is 11.0 Å². The lowest BCUT2D eigenvalue weighted by molar-refractivity contribution is -0.137. The Bertz CT molecular complexity index is 770. The number of benzene rings is 2. The standard InChI is InChI=1S/C18H16F3N/c1-11-17(2,3)15-10-12(8-9-16(15)22-11)13-6-4-5-7-14(13)18(19,20)21/h4-10H,1-3H3. The van der Waals surface area contributed by atoms with Gasteiger partial charge in [0.1, 0.15) is 0 Å². The topological polar surface area (TPSA) is 12.4 Å². The van der Waals surface area contributed by atoms with Crippen LogP contribution in [0, 0.1) is 0 Å². The molecule has 0 radical (unpaired) electrons. The zero-order valence-corrected chi connectivity index (χ0v) is 12.6. The molecule has 4 heteroatoms. The monoisotopic (exact) mass is 303 g/mol. The third-order valence-corrected chi connectivity index (χ3v) is 4.41. The van der Waals surface area contributed by atoms with Gasteiger partial charge in [-0.1, -0.05) is 38.1 Å². The van der Waals surface area contributed by atoms with E-state index in [1.807, 2.05) is 26.8 Å². The summed E-state index contributed by atoms with van der Waals surface area (Å²) in [5.74, 6) is 0. The van der Waals surface area contributed by atoms with Crippen molar-refractivity contribution in [3.05, 3.63) is 53.6 Å². The molecule has 3 rings (SSSR count). The molecule has 0 bridgehead atoms. The Balaban J connectivity index is 2.17. The molecule has 114 valence electrons. The zero-order valence-electron chi connectivity index (χ0n) is 12.6. The summed E-state index contributed by atoms with van der Waals surface area (Å²) in [6.07, 6.45) is -4.36. The smallest absolute Gasteiger partial charge is 0.257 e. The van der Waals surface area contributed by atoms with Crippen molar-refractivity contribution in [2.24, 2.45) is 4.99 Å². The van der Waals surface area contributed by atoms with E-state index in [1.54, 1.807) is 18.2 Å². The first-order valence-corrected chi connectivity index (χ1v) is 7.08. The highest BCUT2D eigenvalue weighted by Gasteiger charge is 2.35. The van der Waals surface area contributed by atoms with Gasteiger partial charge in [0.15, 0.2) is 0 Å². The van der Waals surface area contributed by atoms with Crippen LogP contribution in [-0.2, 0) is 11.6 Å². The Morgan fingerprint density at radius 2 is 1.68 bits per heavy atom. The second-order valence-electron chi connectivity index (χ2n) is 6.10. The van der Waals surface area contributed by atoms with Crippen molar-refractivity contribution >= 4 is 11.4 Å². The lowest BCUT2D eigenvalue weighted by atomic mass is 9.81. The molecule has 1 aliphatic heterocycles. The molecule has 0 atom stereocenters. The van der Waals surface area contributed by atoms with Crippen LogP contribution < -0.4 is 0 Å². The quantitative estimate of drug-likeness (QED) is 0.635. The third-order valence-electron chi connectivity index (χ3n) is 4.41. The maximum absolute atomic E-state index is 13.2. The summed E-state index contributed by atoms with van der Waals surface area (Å²) in [6, 6.07) is 11.0. The van der Waals surface area contributed by atoms with Crippen molar-refractivity contribution in [3.8, 4) is 11.1 Å². The lowest BCUT2D eigenvalue weighted by Crippen LogP contribution is -2.22.